The fraction of sp³-hybridized carbons (Fsp3) is 0.154. The van der Waals surface area contributed by atoms with Crippen LogP contribution in [0.5, 0.6) is 0 Å². The molecule has 2 nitrogen and oxygen atoms in total. The van der Waals surface area contributed by atoms with E-state index in [4.69, 9.17) is 4.99 Å². The number of hydrogen-bond donors (Lipinski definition) is 0. The van der Waals surface area contributed by atoms with Crippen LogP contribution in [0.25, 0.3) is 10.1 Å². The van der Waals surface area contributed by atoms with Crippen molar-refractivity contribution in [2.45, 2.75) is 6.04 Å². The van der Waals surface area contributed by atoms with Gasteiger partial charge < -0.3 is 4.90 Å². The lowest BCUT2D eigenvalue weighted by Gasteiger charge is -2.08. The average Bonchev–Trinajstić information content (AvgIpc) is 3.01. The first-order chi connectivity index (χ1) is 8.40. The van der Waals surface area contributed by atoms with Gasteiger partial charge in [0, 0.05) is 15.8 Å². The van der Waals surface area contributed by atoms with E-state index in [1.165, 1.54) is 15.0 Å². The van der Waals surface area contributed by atoms with Crippen molar-refractivity contribution >= 4 is 50.8 Å². The van der Waals surface area contributed by atoms with E-state index in [1.807, 2.05) is 11.3 Å². The Hall–Kier alpha value is -0.970. The number of halogens is 1. The maximum absolute atomic E-state index is 4.77. The molecule has 18 heavy (non-hydrogen) atoms. The molecule has 0 N–H and O–H groups in total. The quantitative estimate of drug-likeness (QED) is 0.781. The Morgan fingerprint density at radius 2 is 2.17 bits per heavy atom. The van der Waals surface area contributed by atoms with Crippen LogP contribution < -0.4 is 0 Å². The van der Waals surface area contributed by atoms with Gasteiger partial charge in [-0.3, -0.25) is 4.99 Å². The molecule has 0 saturated heterocycles. The summed E-state index contributed by atoms with van der Waals surface area (Å²) in [5, 5.41) is 4.58. The van der Waals surface area contributed by atoms with Gasteiger partial charge in [-0.15, -0.1) is 23.7 Å². The monoisotopic (exact) mass is 294 g/mol. The molecular weight excluding hydrogens is 284 g/mol. The van der Waals surface area contributed by atoms with Gasteiger partial charge in [-0.25, -0.2) is 0 Å². The van der Waals surface area contributed by atoms with Gasteiger partial charge >= 0.3 is 0 Å². The minimum absolute atomic E-state index is 0. The number of thiophene rings is 1. The molecule has 1 unspecified atom stereocenters. The van der Waals surface area contributed by atoms with Crippen LogP contribution in [0.3, 0.4) is 0 Å². The molecule has 0 bridgehead atoms. The number of hydrogen-bond acceptors (Lipinski definition) is 4. The number of rotatable bonds is 1. The van der Waals surface area contributed by atoms with Crippen LogP contribution in [0.1, 0.15) is 10.9 Å². The Balaban J connectivity index is 0.000001000. The molecular formula is C13H11ClN2S2. The van der Waals surface area contributed by atoms with E-state index in [0.29, 0.717) is 6.04 Å². The molecule has 1 aromatic carbocycles. The lowest BCUT2D eigenvalue weighted by molar-refractivity contribution is 0.563. The second-order valence-electron chi connectivity index (χ2n) is 4.17. The van der Waals surface area contributed by atoms with Crippen molar-refractivity contribution < 1.29 is 0 Å². The number of benzene rings is 1. The van der Waals surface area contributed by atoms with Crippen molar-refractivity contribution in [2.24, 2.45) is 4.99 Å². The van der Waals surface area contributed by atoms with E-state index < -0.39 is 0 Å². The first-order valence-corrected chi connectivity index (χ1v) is 7.26. The number of aliphatic imine (C=N–C) groups is 1. The van der Waals surface area contributed by atoms with Crippen molar-refractivity contribution in [3.63, 3.8) is 0 Å². The molecule has 1 atom stereocenters. The number of thioether (sulfide) groups is 1. The molecule has 0 amide bonds. The van der Waals surface area contributed by atoms with Crippen molar-refractivity contribution in [2.75, 3.05) is 6.54 Å². The van der Waals surface area contributed by atoms with Gasteiger partial charge in [0.25, 0.3) is 0 Å². The summed E-state index contributed by atoms with van der Waals surface area (Å²) < 4.78 is 1.36. The van der Waals surface area contributed by atoms with Gasteiger partial charge in [0.15, 0.2) is 5.17 Å². The summed E-state index contributed by atoms with van der Waals surface area (Å²) >= 11 is 3.58. The fourth-order valence-electron chi connectivity index (χ4n) is 2.22. The highest BCUT2D eigenvalue weighted by molar-refractivity contribution is 8.16. The predicted molar refractivity (Wildman–Crippen MR) is 82.7 cm³/mol. The highest BCUT2D eigenvalue weighted by atomic mass is 35.5. The molecule has 0 spiro atoms. The van der Waals surface area contributed by atoms with Crippen molar-refractivity contribution in [1.29, 1.82) is 0 Å². The standard InChI is InChI=1S/C13H10N2S2.ClH/c1-2-4-11-9(3-1)7-12(17-11)10-8-15-5-6-16-13(15)14-10;/h1-7,10H,8H2;1H. The van der Waals surface area contributed by atoms with Crippen LogP contribution in [-0.4, -0.2) is 16.6 Å². The molecule has 92 valence electrons. The summed E-state index contributed by atoms with van der Waals surface area (Å²) in [6.45, 7) is 0.992. The zero-order valence-electron chi connectivity index (χ0n) is 9.45. The topological polar surface area (TPSA) is 15.6 Å². The van der Waals surface area contributed by atoms with Crippen LogP contribution in [0.2, 0.25) is 0 Å². The smallest absolute Gasteiger partial charge is 0.168 e. The molecule has 1 aromatic heterocycles. The van der Waals surface area contributed by atoms with E-state index in [-0.39, 0.29) is 12.4 Å². The molecule has 4 rings (SSSR count). The number of nitrogens with zero attached hydrogens (tertiary/aromatic N) is 2. The maximum atomic E-state index is 4.77. The normalized spacial score (nSPS) is 21.0. The van der Waals surface area contributed by atoms with E-state index in [1.54, 1.807) is 11.8 Å². The van der Waals surface area contributed by atoms with E-state index in [9.17, 15) is 0 Å². The van der Waals surface area contributed by atoms with Crippen LogP contribution in [0.4, 0.5) is 0 Å². The van der Waals surface area contributed by atoms with Crippen LogP contribution in [0.15, 0.2) is 46.9 Å². The third kappa shape index (κ3) is 1.85. The van der Waals surface area contributed by atoms with Gasteiger partial charge in [-0.05, 0) is 22.9 Å². The zero-order valence-corrected chi connectivity index (χ0v) is 11.9. The Morgan fingerprint density at radius 1 is 1.28 bits per heavy atom. The maximum Gasteiger partial charge on any atom is 0.168 e. The van der Waals surface area contributed by atoms with Crippen molar-refractivity contribution in [1.82, 2.24) is 4.90 Å². The molecule has 0 aliphatic carbocycles. The lowest BCUT2D eigenvalue weighted by Crippen LogP contribution is -2.15. The first kappa shape index (κ1) is 12.1. The molecule has 3 heterocycles. The molecule has 5 heteroatoms. The van der Waals surface area contributed by atoms with Crippen LogP contribution >= 0.6 is 35.5 Å². The van der Waals surface area contributed by atoms with Crippen LogP contribution in [0, 0.1) is 0 Å². The minimum Gasteiger partial charge on any atom is -0.325 e. The SMILES string of the molecule is C1=CN2CC(c3cc4ccccc4s3)N=C2S1.Cl. The zero-order chi connectivity index (χ0) is 11.2. The van der Waals surface area contributed by atoms with Gasteiger partial charge in [0.1, 0.15) is 6.04 Å². The Kier molecular flexibility index (Phi) is 3.09. The van der Waals surface area contributed by atoms with E-state index >= 15 is 0 Å². The van der Waals surface area contributed by atoms with Crippen molar-refractivity contribution in [3.8, 4) is 0 Å². The summed E-state index contributed by atoms with van der Waals surface area (Å²) in [7, 11) is 0. The summed E-state index contributed by atoms with van der Waals surface area (Å²) in [5.41, 5.74) is 0. The summed E-state index contributed by atoms with van der Waals surface area (Å²) in [5.74, 6) is 0. The molecule has 2 aromatic rings. The molecule has 0 saturated carbocycles. The number of fused-ring (bicyclic) bond motifs is 2. The highest BCUT2D eigenvalue weighted by Gasteiger charge is 2.28. The second-order valence-corrected chi connectivity index (χ2v) is 6.16. The summed E-state index contributed by atoms with van der Waals surface area (Å²) in [4.78, 5) is 8.38. The fourth-order valence-corrected chi connectivity index (χ4v) is 4.10. The average molecular weight is 295 g/mol. The Morgan fingerprint density at radius 3 is 3.00 bits per heavy atom. The highest BCUT2D eigenvalue weighted by Crippen LogP contribution is 2.37. The Labute approximate surface area is 120 Å². The third-order valence-corrected chi connectivity index (χ3v) is 5.09. The van der Waals surface area contributed by atoms with Gasteiger partial charge in [-0.2, -0.15) is 0 Å². The van der Waals surface area contributed by atoms with Gasteiger partial charge in [-0.1, -0.05) is 30.0 Å². The lowest BCUT2D eigenvalue weighted by atomic mass is 10.2. The second kappa shape index (κ2) is 4.61. The summed E-state index contributed by atoms with van der Waals surface area (Å²) in [6, 6.07) is 11.1. The molecule has 2 aliphatic rings. The largest absolute Gasteiger partial charge is 0.325 e. The van der Waals surface area contributed by atoms with Gasteiger partial charge in [0.05, 0.1) is 6.54 Å². The summed E-state index contributed by atoms with van der Waals surface area (Å²) in [6.07, 6.45) is 2.12. The van der Waals surface area contributed by atoms with Crippen LogP contribution in [-0.2, 0) is 0 Å². The molecule has 0 radical (unpaired) electrons. The van der Waals surface area contributed by atoms with Crippen molar-refractivity contribution in [3.05, 3.63) is 46.8 Å². The number of amidine groups is 1. The van der Waals surface area contributed by atoms with Gasteiger partial charge in [0.2, 0.25) is 0 Å². The predicted octanol–water partition coefficient (Wildman–Crippen LogP) is 4.25. The van der Waals surface area contributed by atoms with E-state index in [2.05, 4.69) is 46.8 Å². The first-order valence-electron chi connectivity index (χ1n) is 5.56. The Bertz CT molecular complexity index is 614. The molecule has 0 fully saturated rings. The minimum atomic E-state index is 0. The van der Waals surface area contributed by atoms with E-state index in [0.717, 1.165) is 11.7 Å². The third-order valence-electron chi connectivity index (χ3n) is 3.07. The molecule has 2 aliphatic heterocycles.